The van der Waals surface area contributed by atoms with Crippen molar-refractivity contribution in [2.24, 2.45) is 11.1 Å². The molecular weight excluding hydrogens is 206 g/mol. The fourth-order valence-corrected chi connectivity index (χ4v) is 2.95. The number of nitrogens with two attached hydrogens (primary N) is 1. The van der Waals surface area contributed by atoms with E-state index in [1.54, 1.807) is 0 Å². The van der Waals surface area contributed by atoms with E-state index in [9.17, 15) is 0 Å². The van der Waals surface area contributed by atoms with Gasteiger partial charge >= 0.3 is 0 Å². The Kier molecular flexibility index (Phi) is 3.31. The summed E-state index contributed by atoms with van der Waals surface area (Å²) in [5.74, 6) is 0. The van der Waals surface area contributed by atoms with Gasteiger partial charge in [0, 0.05) is 12.0 Å². The van der Waals surface area contributed by atoms with Crippen LogP contribution in [-0.2, 0) is 11.8 Å². The molecule has 0 saturated carbocycles. The number of rotatable bonds is 3. The van der Waals surface area contributed by atoms with Crippen molar-refractivity contribution in [1.82, 2.24) is 0 Å². The van der Waals surface area contributed by atoms with Gasteiger partial charge in [0.25, 0.3) is 0 Å². The zero-order valence-corrected chi connectivity index (χ0v) is 11.4. The largest absolute Gasteiger partial charge is 0.330 e. The normalized spacial score (nSPS) is 23.8. The van der Waals surface area contributed by atoms with Crippen LogP contribution in [0, 0.1) is 5.41 Å². The molecule has 0 spiro atoms. The summed E-state index contributed by atoms with van der Waals surface area (Å²) >= 11 is 0. The van der Waals surface area contributed by atoms with E-state index in [4.69, 9.17) is 5.73 Å². The van der Waals surface area contributed by atoms with Crippen molar-refractivity contribution in [3.63, 3.8) is 0 Å². The Labute approximate surface area is 105 Å². The van der Waals surface area contributed by atoms with Gasteiger partial charge in [-0.3, -0.25) is 0 Å². The van der Waals surface area contributed by atoms with Crippen LogP contribution in [0.3, 0.4) is 0 Å². The number of fused-ring (bicyclic) bond motifs is 1. The Hall–Kier alpha value is -0.820. The fourth-order valence-electron chi connectivity index (χ4n) is 2.95. The monoisotopic (exact) mass is 231 g/mol. The summed E-state index contributed by atoms with van der Waals surface area (Å²) in [5, 5.41) is 0. The van der Waals surface area contributed by atoms with Crippen molar-refractivity contribution in [2.45, 2.75) is 51.9 Å². The first-order valence-corrected chi connectivity index (χ1v) is 6.75. The van der Waals surface area contributed by atoms with Crippen molar-refractivity contribution < 1.29 is 0 Å². The lowest BCUT2D eigenvalue weighted by Gasteiger charge is -2.32. The van der Waals surface area contributed by atoms with E-state index in [1.807, 2.05) is 0 Å². The van der Waals surface area contributed by atoms with Gasteiger partial charge in [-0.15, -0.1) is 0 Å². The first kappa shape index (κ1) is 12.6. The lowest BCUT2D eigenvalue weighted by atomic mass is 9.74. The number of hydrogen-bond donors (Lipinski definition) is 1. The van der Waals surface area contributed by atoms with Crippen molar-refractivity contribution in [3.8, 4) is 0 Å². The fraction of sp³-hybridized carbons (Fsp3) is 0.625. The smallest absolute Gasteiger partial charge is 0.00816 e. The van der Waals surface area contributed by atoms with E-state index >= 15 is 0 Å². The first-order chi connectivity index (χ1) is 7.97. The zero-order valence-electron chi connectivity index (χ0n) is 11.4. The molecule has 0 amide bonds. The van der Waals surface area contributed by atoms with Crippen LogP contribution in [0.1, 0.15) is 51.2 Å². The van der Waals surface area contributed by atoms with Gasteiger partial charge in [0.05, 0.1) is 0 Å². The third-order valence-corrected chi connectivity index (χ3v) is 4.21. The Morgan fingerprint density at radius 1 is 1.24 bits per heavy atom. The predicted molar refractivity (Wildman–Crippen MR) is 74.2 cm³/mol. The minimum absolute atomic E-state index is 0.254. The summed E-state index contributed by atoms with van der Waals surface area (Å²) in [6, 6.07) is 8.86. The molecule has 1 aromatic carbocycles. The molecule has 1 atom stereocenters. The van der Waals surface area contributed by atoms with Crippen molar-refractivity contribution in [3.05, 3.63) is 35.4 Å². The van der Waals surface area contributed by atoms with Crippen LogP contribution in [0.25, 0.3) is 0 Å². The van der Waals surface area contributed by atoms with Crippen molar-refractivity contribution in [1.29, 1.82) is 0 Å². The molecule has 0 aromatic heterocycles. The maximum Gasteiger partial charge on any atom is 0.00816 e. The third-order valence-electron chi connectivity index (χ3n) is 4.21. The van der Waals surface area contributed by atoms with E-state index in [2.05, 4.69) is 45.0 Å². The van der Waals surface area contributed by atoms with E-state index in [0.29, 0.717) is 5.41 Å². The lowest BCUT2D eigenvalue weighted by molar-refractivity contribution is 0.292. The van der Waals surface area contributed by atoms with E-state index in [-0.39, 0.29) is 5.41 Å². The highest BCUT2D eigenvalue weighted by Crippen LogP contribution is 2.43. The summed E-state index contributed by atoms with van der Waals surface area (Å²) in [6.45, 7) is 7.74. The summed E-state index contributed by atoms with van der Waals surface area (Å²) in [5.41, 5.74) is 9.81. The maximum atomic E-state index is 6.11. The molecule has 0 radical (unpaired) electrons. The minimum Gasteiger partial charge on any atom is -0.330 e. The molecule has 2 rings (SSSR count). The molecule has 2 N–H and O–H groups in total. The van der Waals surface area contributed by atoms with E-state index in [0.717, 1.165) is 6.54 Å². The van der Waals surface area contributed by atoms with Crippen LogP contribution in [-0.4, -0.2) is 6.54 Å². The molecule has 0 saturated heterocycles. The molecule has 1 heteroatoms. The van der Waals surface area contributed by atoms with Crippen LogP contribution in [0.15, 0.2) is 24.3 Å². The second-order valence-electron chi connectivity index (χ2n) is 6.70. The molecule has 0 fully saturated rings. The Bertz CT molecular complexity index is 389. The van der Waals surface area contributed by atoms with Crippen LogP contribution in [0.2, 0.25) is 0 Å². The Morgan fingerprint density at radius 3 is 2.59 bits per heavy atom. The van der Waals surface area contributed by atoms with Gasteiger partial charge in [-0.2, -0.15) is 0 Å². The predicted octanol–water partition coefficient (Wildman–Crippen LogP) is 3.66. The maximum absolute atomic E-state index is 6.11. The Balaban J connectivity index is 2.22. The summed E-state index contributed by atoms with van der Waals surface area (Å²) in [4.78, 5) is 0. The molecule has 1 aliphatic carbocycles. The van der Waals surface area contributed by atoms with Gasteiger partial charge in [-0.05, 0) is 42.2 Å². The number of benzene rings is 1. The molecule has 0 heterocycles. The second-order valence-corrected chi connectivity index (χ2v) is 6.70. The first-order valence-electron chi connectivity index (χ1n) is 6.75. The van der Waals surface area contributed by atoms with Gasteiger partial charge in [0.1, 0.15) is 0 Å². The molecule has 1 nitrogen and oxygen atoms in total. The molecule has 1 unspecified atom stereocenters. The Morgan fingerprint density at radius 2 is 1.94 bits per heavy atom. The topological polar surface area (TPSA) is 26.0 Å². The summed E-state index contributed by atoms with van der Waals surface area (Å²) in [6.07, 6.45) is 4.92. The second kappa shape index (κ2) is 4.45. The van der Waals surface area contributed by atoms with Gasteiger partial charge in [0.15, 0.2) is 0 Å². The van der Waals surface area contributed by atoms with Crippen LogP contribution < -0.4 is 5.73 Å². The molecule has 94 valence electrons. The van der Waals surface area contributed by atoms with Crippen LogP contribution in [0.5, 0.6) is 0 Å². The van der Waals surface area contributed by atoms with Crippen molar-refractivity contribution >= 4 is 0 Å². The van der Waals surface area contributed by atoms with Crippen LogP contribution >= 0.6 is 0 Å². The lowest BCUT2D eigenvalue weighted by Crippen LogP contribution is -2.34. The SMILES string of the molecule is CC(C)(C)CCC1(CN)CCc2ccccc21. The highest BCUT2D eigenvalue weighted by Gasteiger charge is 2.37. The molecule has 1 aliphatic rings. The molecular formula is C16H25N. The van der Waals surface area contributed by atoms with E-state index in [1.165, 1.54) is 36.8 Å². The zero-order chi connectivity index (χ0) is 12.5. The third kappa shape index (κ3) is 2.55. The standard InChI is InChI=1S/C16H25N/c1-15(2,3)10-11-16(12-17)9-8-13-6-4-5-7-14(13)16/h4-7H,8-12,17H2,1-3H3. The van der Waals surface area contributed by atoms with Gasteiger partial charge in [-0.1, -0.05) is 45.0 Å². The molecule has 1 aromatic rings. The van der Waals surface area contributed by atoms with Crippen LogP contribution in [0.4, 0.5) is 0 Å². The summed E-state index contributed by atoms with van der Waals surface area (Å²) in [7, 11) is 0. The molecule has 0 bridgehead atoms. The minimum atomic E-state index is 0.254. The van der Waals surface area contributed by atoms with Gasteiger partial charge < -0.3 is 5.73 Å². The molecule has 17 heavy (non-hydrogen) atoms. The van der Waals surface area contributed by atoms with E-state index < -0.39 is 0 Å². The molecule has 0 aliphatic heterocycles. The average Bonchev–Trinajstić information content (AvgIpc) is 2.66. The highest BCUT2D eigenvalue weighted by molar-refractivity contribution is 5.39. The average molecular weight is 231 g/mol. The highest BCUT2D eigenvalue weighted by atomic mass is 14.6. The number of hydrogen-bond acceptors (Lipinski definition) is 1. The van der Waals surface area contributed by atoms with Gasteiger partial charge in [0.2, 0.25) is 0 Å². The van der Waals surface area contributed by atoms with Crippen molar-refractivity contribution in [2.75, 3.05) is 6.54 Å². The quantitative estimate of drug-likeness (QED) is 0.844. The number of aryl methyl sites for hydroxylation is 1. The van der Waals surface area contributed by atoms with Gasteiger partial charge in [-0.25, -0.2) is 0 Å². The summed E-state index contributed by atoms with van der Waals surface area (Å²) < 4.78 is 0.